The molecule has 2 aromatic rings. The monoisotopic (exact) mass is 237 g/mol. The predicted molar refractivity (Wildman–Crippen MR) is 62.4 cm³/mol. The molecule has 0 amide bonds. The van der Waals surface area contributed by atoms with Crippen molar-refractivity contribution >= 4 is 11.6 Å². The summed E-state index contributed by atoms with van der Waals surface area (Å²) in [5, 5.41) is 13.4. The van der Waals surface area contributed by atoms with Crippen LogP contribution in [0.2, 0.25) is 5.02 Å². The first-order valence-corrected chi connectivity index (χ1v) is 5.50. The van der Waals surface area contributed by atoms with Gasteiger partial charge in [0.05, 0.1) is 0 Å². The molecule has 0 atom stereocenters. The number of rotatable bonds is 4. The zero-order valence-corrected chi connectivity index (χ0v) is 9.44. The van der Waals surface area contributed by atoms with Crippen LogP contribution in [0.3, 0.4) is 0 Å². The van der Waals surface area contributed by atoms with E-state index < -0.39 is 0 Å². The number of benzene rings is 1. The van der Waals surface area contributed by atoms with Gasteiger partial charge in [-0.25, -0.2) is 0 Å². The molecule has 2 rings (SSSR count). The van der Waals surface area contributed by atoms with Crippen molar-refractivity contribution in [2.75, 3.05) is 6.61 Å². The second-order valence-corrected chi connectivity index (χ2v) is 3.95. The summed E-state index contributed by atoms with van der Waals surface area (Å²) in [5.74, 6) is 0.791. The maximum absolute atomic E-state index is 8.71. The first-order valence-electron chi connectivity index (χ1n) is 5.12. The summed E-state index contributed by atoms with van der Waals surface area (Å²) in [6.07, 6.45) is 1.40. The van der Waals surface area contributed by atoms with Gasteiger partial charge < -0.3 is 9.63 Å². The Kier molecular flexibility index (Phi) is 3.59. The number of aliphatic hydroxyl groups excluding tert-OH is 1. The van der Waals surface area contributed by atoms with Gasteiger partial charge in [0.2, 0.25) is 0 Å². The molecule has 1 N–H and O–H groups in total. The number of aromatic nitrogens is 1. The fraction of sp³-hybridized carbons (Fsp3) is 0.250. The zero-order valence-electron chi connectivity index (χ0n) is 8.69. The van der Waals surface area contributed by atoms with Crippen molar-refractivity contribution in [3.05, 3.63) is 41.1 Å². The van der Waals surface area contributed by atoms with Gasteiger partial charge in [0.15, 0.2) is 0 Å². The standard InChI is InChI=1S/C12H12ClNO2/c13-10-5-3-9(4-6-10)12-8-11(16-14-12)2-1-7-15/h3-6,8,15H,1-2,7H2. The SMILES string of the molecule is OCCCc1cc(-c2ccc(Cl)cc2)no1. The topological polar surface area (TPSA) is 46.3 Å². The lowest BCUT2D eigenvalue weighted by Gasteiger charge is -1.94. The Labute approximate surface area is 98.6 Å². The largest absolute Gasteiger partial charge is 0.396 e. The molecule has 84 valence electrons. The summed E-state index contributed by atoms with van der Waals surface area (Å²) in [6, 6.07) is 9.32. The number of halogens is 1. The van der Waals surface area contributed by atoms with Crippen LogP contribution in [0, 0.1) is 0 Å². The molecule has 3 nitrogen and oxygen atoms in total. The molecule has 1 aromatic heterocycles. The molecule has 0 saturated heterocycles. The second kappa shape index (κ2) is 5.14. The van der Waals surface area contributed by atoms with E-state index in [2.05, 4.69) is 5.16 Å². The summed E-state index contributed by atoms with van der Waals surface area (Å²) in [7, 11) is 0. The van der Waals surface area contributed by atoms with E-state index in [9.17, 15) is 0 Å². The van der Waals surface area contributed by atoms with Gasteiger partial charge in [0.1, 0.15) is 11.5 Å². The van der Waals surface area contributed by atoms with Crippen molar-refractivity contribution in [3.8, 4) is 11.3 Å². The van der Waals surface area contributed by atoms with Crippen LogP contribution >= 0.6 is 11.6 Å². The van der Waals surface area contributed by atoms with E-state index in [-0.39, 0.29) is 6.61 Å². The highest BCUT2D eigenvalue weighted by atomic mass is 35.5. The molecule has 1 aromatic carbocycles. The lowest BCUT2D eigenvalue weighted by molar-refractivity contribution is 0.280. The third kappa shape index (κ3) is 2.62. The molecule has 0 spiro atoms. The van der Waals surface area contributed by atoms with Crippen molar-refractivity contribution < 1.29 is 9.63 Å². The van der Waals surface area contributed by atoms with Crippen LogP contribution in [-0.2, 0) is 6.42 Å². The molecule has 0 radical (unpaired) electrons. The lowest BCUT2D eigenvalue weighted by atomic mass is 10.1. The summed E-state index contributed by atoms with van der Waals surface area (Å²) in [5.41, 5.74) is 1.77. The Morgan fingerprint density at radius 3 is 2.69 bits per heavy atom. The van der Waals surface area contributed by atoms with Gasteiger partial charge in [-0.3, -0.25) is 0 Å². The molecule has 0 aliphatic heterocycles. The minimum Gasteiger partial charge on any atom is -0.396 e. The van der Waals surface area contributed by atoms with E-state index in [0.29, 0.717) is 17.9 Å². The molecule has 0 fully saturated rings. The Bertz CT molecular complexity index is 450. The van der Waals surface area contributed by atoms with Crippen molar-refractivity contribution in [2.45, 2.75) is 12.8 Å². The van der Waals surface area contributed by atoms with E-state index in [1.165, 1.54) is 0 Å². The van der Waals surface area contributed by atoms with Crippen LogP contribution in [0.15, 0.2) is 34.9 Å². The smallest absolute Gasteiger partial charge is 0.137 e. The fourth-order valence-electron chi connectivity index (χ4n) is 1.44. The van der Waals surface area contributed by atoms with Gasteiger partial charge >= 0.3 is 0 Å². The third-order valence-electron chi connectivity index (χ3n) is 2.28. The minimum atomic E-state index is 0.164. The first kappa shape index (κ1) is 11.2. The number of hydrogen-bond donors (Lipinski definition) is 1. The van der Waals surface area contributed by atoms with E-state index in [1.54, 1.807) is 0 Å². The van der Waals surface area contributed by atoms with Crippen LogP contribution < -0.4 is 0 Å². The lowest BCUT2D eigenvalue weighted by Crippen LogP contribution is -1.86. The Hall–Kier alpha value is -1.32. The van der Waals surface area contributed by atoms with Crippen LogP contribution in [0.1, 0.15) is 12.2 Å². The molecular weight excluding hydrogens is 226 g/mol. The molecular formula is C12H12ClNO2. The minimum absolute atomic E-state index is 0.164. The third-order valence-corrected chi connectivity index (χ3v) is 2.53. The molecule has 0 aliphatic carbocycles. The zero-order chi connectivity index (χ0) is 11.4. The van der Waals surface area contributed by atoms with Crippen molar-refractivity contribution in [1.82, 2.24) is 5.16 Å². The van der Waals surface area contributed by atoms with Gasteiger partial charge in [-0.15, -0.1) is 0 Å². The summed E-state index contributed by atoms with van der Waals surface area (Å²) in [6.45, 7) is 0.164. The fourth-order valence-corrected chi connectivity index (χ4v) is 1.57. The highest BCUT2D eigenvalue weighted by molar-refractivity contribution is 6.30. The highest BCUT2D eigenvalue weighted by Gasteiger charge is 2.05. The molecule has 16 heavy (non-hydrogen) atoms. The number of hydrogen-bond acceptors (Lipinski definition) is 3. The van der Waals surface area contributed by atoms with E-state index >= 15 is 0 Å². The van der Waals surface area contributed by atoms with Gasteiger partial charge in [0.25, 0.3) is 0 Å². The molecule has 0 saturated carbocycles. The Morgan fingerprint density at radius 2 is 2.00 bits per heavy atom. The van der Waals surface area contributed by atoms with E-state index in [1.807, 2.05) is 30.3 Å². The second-order valence-electron chi connectivity index (χ2n) is 3.51. The maximum atomic E-state index is 8.71. The number of aliphatic hydroxyl groups is 1. The highest BCUT2D eigenvalue weighted by Crippen LogP contribution is 2.21. The first-order chi connectivity index (χ1) is 7.79. The Balaban J connectivity index is 2.15. The van der Waals surface area contributed by atoms with Crippen LogP contribution in [0.4, 0.5) is 0 Å². The van der Waals surface area contributed by atoms with Gasteiger partial charge in [-0.1, -0.05) is 28.9 Å². The predicted octanol–water partition coefficient (Wildman–Crippen LogP) is 2.92. The van der Waals surface area contributed by atoms with Gasteiger partial charge in [-0.05, 0) is 18.6 Å². The average molecular weight is 238 g/mol. The number of aryl methyl sites for hydroxylation is 1. The molecule has 4 heteroatoms. The summed E-state index contributed by atoms with van der Waals surface area (Å²) < 4.78 is 5.16. The quantitative estimate of drug-likeness (QED) is 0.889. The summed E-state index contributed by atoms with van der Waals surface area (Å²) >= 11 is 5.80. The molecule has 1 heterocycles. The molecule has 0 unspecified atom stereocenters. The Morgan fingerprint density at radius 1 is 1.25 bits per heavy atom. The van der Waals surface area contributed by atoms with Crippen LogP contribution in [-0.4, -0.2) is 16.9 Å². The molecule has 0 bridgehead atoms. The summed E-state index contributed by atoms with van der Waals surface area (Å²) in [4.78, 5) is 0. The van der Waals surface area contributed by atoms with Crippen molar-refractivity contribution in [3.63, 3.8) is 0 Å². The maximum Gasteiger partial charge on any atom is 0.137 e. The van der Waals surface area contributed by atoms with Crippen molar-refractivity contribution in [1.29, 1.82) is 0 Å². The number of nitrogens with zero attached hydrogens (tertiary/aromatic N) is 1. The normalized spacial score (nSPS) is 10.6. The van der Waals surface area contributed by atoms with E-state index in [4.69, 9.17) is 21.2 Å². The van der Waals surface area contributed by atoms with Gasteiger partial charge in [0, 0.05) is 29.7 Å². The van der Waals surface area contributed by atoms with Crippen LogP contribution in [0.25, 0.3) is 11.3 Å². The van der Waals surface area contributed by atoms with Gasteiger partial charge in [-0.2, -0.15) is 0 Å². The molecule has 0 aliphatic rings. The van der Waals surface area contributed by atoms with E-state index in [0.717, 1.165) is 17.0 Å². The van der Waals surface area contributed by atoms with Crippen LogP contribution in [0.5, 0.6) is 0 Å². The van der Waals surface area contributed by atoms with Crippen molar-refractivity contribution in [2.24, 2.45) is 0 Å². The average Bonchev–Trinajstić information content (AvgIpc) is 2.76.